The van der Waals surface area contributed by atoms with E-state index in [0.29, 0.717) is 25.8 Å². The van der Waals surface area contributed by atoms with Crippen LogP contribution < -0.4 is 21.7 Å². The number of ketones is 1. The summed E-state index contributed by atoms with van der Waals surface area (Å²) >= 11 is 0. The minimum Gasteiger partial charge on any atom is -0.356 e. The van der Waals surface area contributed by atoms with Gasteiger partial charge in [0.2, 0.25) is 5.91 Å². The number of nitrogens with one attached hydrogen (secondary N) is 3. The third-order valence-electron chi connectivity index (χ3n) is 3.30. The van der Waals surface area contributed by atoms with Crippen LogP contribution in [0.1, 0.15) is 51.9 Å². The normalized spacial score (nSPS) is 10.6. The summed E-state index contributed by atoms with van der Waals surface area (Å²) < 4.78 is 0. The molecule has 0 rings (SSSR count). The van der Waals surface area contributed by atoms with Crippen molar-refractivity contribution in [3.63, 3.8) is 0 Å². The van der Waals surface area contributed by atoms with E-state index in [4.69, 9.17) is 5.73 Å². The highest BCUT2D eigenvalue weighted by Gasteiger charge is 2.01. The zero-order valence-electron chi connectivity index (χ0n) is 14.1. The lowest BCUT2D eigenvalue weighted by Gasteiger charge is -2.07. The van der Waals surface area contributed by atoms with Gasteiger partial charge in [-0.2, -0.15) is 0 Å². The average Bonchev–Trinajstić information content (AvgIpc) is 2.48. The van der Waals surface area contributed by atoms with E-state index >= 15 is 0 Å². The molecule has 0 fully saturated rings. The third-order valence-corrected chi connectivity index (χ3v) is 3.30. The lowest BCUT2D eigenvalue weighted by Crippen LogP contribution is -2.27. The summed E-state index contributed by atoms with van der Waals surface area (Å²) in [5.74, 6) is 0.191. The zero-order valence-corrected chi connectivity index (χ0v) is 14.1. The molecule has 0 heterocycles. The predicted molar refractivity (Wildman–Crippen MR) is 90.8 cm³/mol. The molecular weight excluding hydrogens is 280 g/mol. The Morgan fingerprint density at radius 1 is 0.773 bits per heavy atom. The van der Waals surface area contributed by atoms with Crippen molar-refractivity contribution in [2.45, 2.75) is 51.9 Å². The maximum absolute atomic E-state index is 11.4. The molecule has 0 aromatic carbocycles. The van der Waals surface area contributed by atoms with Crippen molar-refractivity contribution < 1.29 is 9.59 Å². The summed E-state index contributed by atoms with van der Waals surface area (Å²) in [6.07, 6.45) is 5.91. The van der Waals surface area contributed by atoms with Crippen molar-refractivity contribution in [3.05, 3.63) is 0 Å². The van der Waals surface area contributed by atoms with Crippen LogP contribution in [0.4, 0.5) is 0 Å². The van der Waals surface area contributed by atoms with E-state index in [2.05, 4.69) is 16.0 Å². The molecule has 6 heteroatoms. The first-order valence-electron chi connectivity index (χ1n) is 8.54. The van der Waals surface area contributed by atoms with Crippen LogP contribution in [0.3, 0.4) is 0 Å². The monoisotopic (exact) mass is 314 g/mol. The number of nitrogens with two attached hydrogens (primary N) is 1. The van der Waals surface area contributed by atoms with Crippen LogP contribution in [-0.2, 0) is 9.59 Å². The van der Waals surface area contributed by atoms with Gasteiger partial charge in [-0.3, -0.25) is 4.79 Å². The molecule has 1 amide bonds. The number of hydrogen-bond donors (Lipinski definition) is 4. The Morgan fingerprint density at radius 3 is 1.95 bits per heavy atom. The molecule has 0 aliphatic rings. The van der Waals surface area contributed by atoms with E-state index in [1.54, 1.807) is 6.92 Å². The summed E-state index contributed by atoms with van der Waals surface area (Å²) in [6.45, 7) is 7.02. The van der Waals surface area contributed by atoms with E-state index in [9.17, 15) is 9.59 Å². The molecule has 130 valence electrons. The fourth-order valence-corrected chi connectivity index (χ4v) is 2.00. The lowest BCUT2D eigenvalue weighted by atomic mass is 10.2. The largest absolute Gasteiger partial charge is 0.356 e. The van der Waals surface area contributed by atoms with Gasteiger partial charge in [0.15, 0.2) is 0 Å². The Hall–Kier alpha value is -0.980. The Kier molecular flexibility index (Phi) is 15.7. The van der Waals surface area contributed by atoms with Crippen LogP contribution in [0, 0.1) is 0 Å². The molecule has 0 bridgehead atoms. The van der Waals surface area contributed by atoms with E-state index in [-0.39, 0.29) is 11.7 Å². The van der Waals surface area contributed by atoms with Gasteiger partial charge in [0, 0.05) is 19.4 Å². The zero-order chi connectivity index (χ0) is 16.5. The molecule has 0 aliphatic carbocycles. The van der Waals surface area contributed by atoms with Gasteiger partial charge in [-0.15, -0.1) is 0 Å². The second-order valence-corrected chi connectivity index (χ2v) is 5.61. The summed E-state index contributed by atoms with van der Waals surface area (Å²) in [5.41, 5.74) is 5.41. The van der Waals surface area contributed by atoms with Gasteiger partial charge in [0.05, 0.1) is 0 Å². The summed E-state index contributed by atoms with van der Waals surface area (Å²) in [4.78, 5) is 22.2. The van der Waals surface area contributed by atoms with Crippen molar-refractivity contribution in [1.29, 1.82) is 0 Å². The van der Waals surface area contributed by atoms with Crippen molar-refractivity contribution in [2.24, 2.45) is 5.73 Å². The number of unbranched alkanes of at least 4 members (excludes halogenated alkanes) is 1. The summed E-state index contributed by atoms with van der Waals surface area (Å²) in [6, 6.07) is 0. The Balaban J connectivity index is 3.13. The third kappa shape index (κ3) is 17.1. The highest BCUT2D eigenvalue weighted by atomic mass is 16.1. The van der Waals surface area contributed by atoms with Gasteiger partial charge in [0.1, 0.15) is 5.78 Å². The second kappa shape index (κ2) is 16.4. The average molecular weight is 314 g/mol. The molecular formula is C16H34N4O2. The van der Waals surface area contributed by atoms with Gasteiger partial charge in [-0.25, -0.2) is 0 Å². The van der Waals surface area contributed by atoms with E-state index in [1.807, 2.05) is 0 Å². The van der Waals surface area contributed by atoms with Gasteiger partial charge >= 0.3 is 0 Å². The van der Waals surface area contributed by atoms with E-state index in [1.165, 1.54) is 6.42 Å². The quantitative estimate of drug-likeness (QED) is 0.312. The Morgan fingerprint density at radius 2 is 1.36 bits per heavy atom. The van der Waals surface area contributed by atoms with Crippen molar-refractivity contribution >= 4 is 11.7 Å². The first-order valence-corrected chi connectivity index (χ1v) is 8.54. The fourth-order valence-electron chi connectivity index (χ4n) is 2.00. The molecule has 5 N–H and O–H groups in total. The summed E-state index contributed by atoms with van der Waals surface area (Å²) in [7, 11) is 0. The highest BCUT2D eigenvalue weighted by molar-refractivity contribution is 5.78. The molecule has 0 radical (unpaired) electrons. The smallest absolute Gasteiger partial charge is 0.220 e. The van der Waals surface area contributed by atoms with Gasteiger partial charge in [-0.1, -0.05) is 0 Å². The van der Waals surface area contributed by atoms with Crippen LogP contribution in [-0.4, -0.2) is 51.0 Å². The van der Waals surface area contributed by atoms with Gasteiger partial charge in [0.25, 0.3) is 0 Å². The minimum absolute atomic E-state index is 0.0461. The SMILES string of the molecule is CC(=O)CCCC(=O)NCCCNCCCCNCCCN. The molecule has 0 saturated heterocycles. The molecule has 0 spiro atoms. The van der Waals surface area contributed by atoms with Crippen LogP contribution in [0.5, 0.6) is 0 Å². The topological polar surface area (TPSA) is 96.2 Å². The molecule has 6 nitrogen and oxygen atoms in total. The molecule has 22 heavy (non-hydrogen) atoms. The molecule has 0 aromatic rings. The van der Waals surface area contributed by atoms with E-state index < -0.39 is 0 Å². The maximum atomic E-state index is 11.4. The first kappa shape index (κ1) is 21.0. The van der Waals surface area contributed by atoms with Crippen molar-refractivity contribution in [2.75, 3.05) is 39.3 Å². The lowest BCUT2D eigenvalue weighted by molar-refractivity contribution is -0.121. The molecule has 0 aromatic heterocycles. The van der Waals surface area contributed by atoms with Crippen molar-refractivity contribution in [1.82, 2.24) is 16.0 Å². The highest BCUT2D eigenvalue weighted by Crippen LogP contribution is 1.95. The Labute approximate surface area is 135 Å². The van der Waals surface area contributed by atoms with Gasteiger partial charge in [-0.05, 0) is 71.8 Å². The number of rotatable bonds is 16. The van der Waals surface area contributed by atoms with E-state index in [0.717, 1.165) is 52.0 Å². The molecule has 0 atom stereocenters. The minimum atomic E-state index is 0.0461. The number of hydrogen-bond acceptors (Lipinski definition) is 5. The second-order valence-electron chi connectivity index (χ2n) is 5.61. The van der Waals surface area contributed by atoms with Gasteiger partial charge < -0.3 is 26.5 Å². The Bertz CT molecular complexity index is 285. The predicted octanol–water partition coefficient (Wildman–Crippen LogP) is 0.560. The van der Waals surface area contributed by atoms with Crippen LogP contribution in [0.2, 0.25) is 0 Å². The molecule has 0 saturated carbocycles. The number of Topliss-reactive ketones (excluding diaryl/α,β-unsaturated/α-hetero) is 1. The number of carbonyl (C=O) groups is 2. The van der Waals surface area contributed by atoms with Crippen LogP contribution >= 0.6 is 0 Å². The van der Waals surface area contributed by atoms with Crippen molar-refractivity contribution in [3.8, 4) is 0 Å². The molecule has 0 unspecified atom stereocenters. The summed E-state index contributed by atoms with van der Waals surface area (Å²) in [5, 5.41) is 9.61. The number of carbonyl (C=O) groups excluding carboxylic acids is 2. The molecule has 0 aliphatic heterocycles. The standard InChI is InChI=1S/C16H34N4O2/c1-15(21)7-4-8-16(22)20-14-6-13-19-11-3-2-10-18-12-5-9-17/h18-19H,2-14,17H2,1H3,(H,20,22). The number of amides is 1. The van der Waals surface area contributed by atoms with Crippen LogP contribution in [0.25, 0.3) is 0 Å². The fraction of sp³-hybridized carbons (Fsp3) is 0.875. The van der Waals surface area contributed by atoms with Crippen LogP contribution in [0.15, 0.2) is 0 Å². The maximum Gasteiger partial charge on any atom is 0.220 e. The first-order chi connectivity index (χ1) is 10.7.